The number of aromatic nitrogens is 2. The van der Waals surface area contributed by atoms with Crippen LogP contribution < -0.4 is 32.0 Å². The Balaban J connectivity index is 1.99. The number of benzene rings is 1. The Morgan fingerprint density at radius 2 is 0.768 bits per heavy atom. The van der Waals surface area contributed by atoms with Crippen LogP contribution in [0.15, 0.2) is 19.2 Å². The highest BCUT2D eigenvalue weighted by atomic mass is 16.6. The normalized spacial score (nSPS) is 15.5. The van der Waals surface area contributed by atoms with Crippen molar-refractivity contribution in [2.75, 3.05) is 88.8 Å². The first kappa shape index (κ1) is 45.6. The predicted octanol–water partition coefficient (Wildman–Crippen LogP) is 6.93. The highest BCUT2D eigenvalue weighted by Gasteiger charge is 2.33. The van der Waals surface area contributed by atoms with Gasteiger partial charge >= 0.3 is 0 Å². The smallest absolute Gasteiger partial charge is 0.263 e. The summed E-state index contributed by atoms with van der Waals surface area (Å²) < 4.78 is 26.0. The molecule has 1 saturated heterocycles. The summed E-state index contributed by atoms with van der Waals surface area (Å²) in [5.41, 5.74) is -0.694. The van der Waals surface area contributed by atoms with E-state index in [0.29, 0.717) is 103 Å². The molecule has 0 amide bonds. The molecule has 0 radical (unpaired) electrons. The molecule has 12 heteroatoms. The molecule has 0 spiro atoms. The number of hydrogen-bond donors (Lipinski definition) is 0. The molecule has 12 nitrogen and oxygen atoms in total. The molecular formula is C44H72N4O8. The van der Waals surface area contributed by atoms with Gasteiger partial charge in [-0.05, 0) is 25.7 Å². The highest BCUT2D eigenvalue weighted by Crippen LogP contribution is 2.39. The van der Waals surface area contributed by atoms with Crippen molar-refractivity contribution in [3.63, 3.8) is 0 Å². The van der Waals surface area contributed by atoms with Crippen LogP contribution in [0.1, 0.15) is 130 Å². The van der Waals surface area contributed by atoms with Crippen molar-refractivity contribution >= 4 is 32.9 Å². The molecule has 56 heavy (non-hydrogen) atoms. The standard InChI is InChI=1S/C44H72N4O8/c1-5-9-13-15-17-19-23-47-41(49)35-37(43(47)51)40(46-25-27-53-29-31-55-33-34-56-32-30-54-28-26-46)38-36(39(35)45(21-11-7-3)22-12-8-4)42(50)48(44(38)52)24-20-18-16-14-10-6-2/h5-34H2,1-4H3. The zero-order valence-electron chi connectivity index (χ0n) is 35.3. The topological polar surface area (TPSA) is 122 Å². The van der Waals surface area contributed by atoms with E-state index in [1.54, 1.807) is 0 Å². The lowest BCUT2D eigenvalue weighted by Crippen LogP contribution is -2.34. The third-order valence-electron chi connectivity index (χ3n) is 11.1. The van der Waals surface area contributed by atoms with Gasteiger partial charge in [-0.2, -0.15) is 0 Å². The second-order valence-electron chi connectivity index (χ2n) is 15.4. The number of rotatable bonds is 22. The minimum atomic E-state index is -0.391. The van der Waals surface area contributed by atoms with Crippen LogP contribution in [0.2, 0.25) is 0 Å². The van der Waals surface area contributed by atoms with Gasteiger partial charge in [-0.25, -0.2) is 0 Å². The van der Waals surface area contributed by atoms with Crippen LogP contribution in [0.25, 0.3) is 21.5 Å². The first-order valence-corrected chi connectivity index (χ1v) is 22.2. The third kappa shape index (κ3) is 12.2. The van der Waals surface area contributed by atoms with Crippen LogP contribution in [-0.2, 0) is 32.0 Å². The van der Waals surface area contributed by atoms with Crippen molar-refractivity contribution in [1.82, 2.24) is 9.13 Å². The zero-order valence-corrected chi connectivity index (χ0v) is 35.3. The lowest BCUT2D eigenvalue weighted by Gasteiger charge is -2.29. The van der Waals surface area contributed by atoms with Crippen LogP contribution in [0.3, 0.4) is 0 Å². The largest absolute Gasteiger partial charge is 0.377 e. The molecule has 0 atom stereocenters. The fourth-order valence-electron chi connectivity index (χ4n) is 7.90. The molecule has 1 aromatic carbocycles. The Kier molecular flexibility index (Phi) is 20.6. The van der Waals surface area contributed by atoms with Crippen molar-refractivity contribution in [3.05, 3.63) is 41.4 Å². The molecule has 0 N–H and O–H groups in total. The molecule has 4 rings (SSSR count). The maximum Gasteiger partial charge on any atom is 0.263 e. The minimum Gasteiger partial charge on any atom is -0.377 e. The second-order valence-corrected chi connectivity index (χ2v) is 15.4. The molecule has 1 aliphatic heterocycles. The van der Waals surface area contributed by atoms with Crippen LogP contribution in [0.5, 0.6) is 0 Å². The zero-order chi connectivity index (χ0) is 40.1. The summed E-state index contributed by atoms with van der Waals surface area (Å²) in [6.07, 6.45) is 15.7. The van der Waals surface area contributed by atoms with Gasteiger partial charge in [-0.15, -0.1) is 0 Å². The van der Waals surface area contributed by atoms with Crippen LogP contribution in [0, 0.1) is 0 Å². The fraction of sp³-hybridized carbons (Fsp3) is 0.773. The maximum atomic E-state index is 14.9. The molecule has 1 aliphatic rings. The average molecular weight is 785 g/mol. The monoisotopic (exact) mass is 785 g/mol. The summed E-state index contributed by atoms with van der Waals surface area (Å²) in [6, 6.07) is 0. The lowest BCUT2D eigenvalue weighted by molar-refractivity contribution is 0.00206. The van der Waals surface area contributed by atoms with Gasteiger partial charge in [0.15, 0.2) is 0 Å². The summed E-state index contributed by atoms with van der Waals surface area (Å²) in [5, 5.41) is 1.01. The van der Waals surface area contributed by atoms with E-state index in [2.05, 4.69) is 32.6 Å². The Morgan fingerprint density at radius 3 is 1.16 bits per heavy atom. The van der Waals surface area contributed by atoms with Gasteiger partial charge in [0.2, 0.25) is 0 Å². The molecule has 0 unspecified atom stereocenters. The number of ether oxygens (including phenoxy) is 4. The van der Waals surface area contributed by atoms with Crippen molar-refractivity contribution in [3.8, 4) is 0 Å². The summed E-state index contributed by atoms with van der Waals surface area (Å²) >= 11 is 0. The molecule has 3 heterocycles. The van der Waals surface area contributed by atoms with Crippen molar-refractivity contribution < 1.29 is 18.9 Å². The van der Waals surface area contributed by atoms with E-state index >= 15 is 0 Å². The molecule has 0 aliphatic carbocycles. The van der Waals surface area contributed by atoms with Gasteiger partial charge in [-0.1, -0.05) is 105 Å². The summed E-state index contributed by atoms with van der Waals surface area (Å²) in [4.78, 5) is 63.5. The molecule has 2 aromatic heterocycles. The first-order chi connectivity index (χ1) is 27.4. The Bertz CT molecular complexity index is 1670. The van der Waals surface area contributed by atoms with E-state index in [1.165, 1.54) is 9.13 Å². The van der Waals surface area contributed by atoms with Crippen molar-refractivity contribution in [2.45, 2.75) is 144 Å². The number of nitrogens with zero attached hydrogens (tertiary/aromatic N) is 4. The number of hydrogen-bond acceptors (Lipinski definition) is 10. The van der Waals surface area contributed by atoms with E-state index in [1.807, 2.05) is 4.90 Å². The summed E-state index contributed by atoms with van der Waals surface area (Å²) in [5.74, 6) is 0. The van der Waals surface area contributed by atoms with Crippen LogP contribution in [-0.4, -0.2) is 88.2 Å². The number of unbranched alkanes of at least 4 members (excludes halogenated alkanes) is 12. The van der Waals surface area contributed by atoms with E-state index in [9.17, 15) is 19.2 Å². The highest BCUT2D eigenvalue weighted by molar-refractivity contribution is 6.20. The average Bonchev–Trinajstić information content (AvgIpc) is 3.58. The van der Waals surface area contributed by atoms with Crippen LogP contribution >= 0.6 is 0 Å². The predicted molar refractivity (Wildman–Crippen MR) is 229 cm³/mol. The van der Waals surface area contributed by atoms with Crippen molar-refractivity contribution in [2.24, 2.45) is 0 Å². The van der Waals surface area contributed by atoms with E-state index in [0.717, 1.165) is 89.9 Å². The maximum absolute atomic E-state index is 14.9. The van der Waals surface area contributed by atoms with Crippen molar-refractivity contribution in [1.29, 1.82) is 0 Å². The summed E-state index contributed by atoms with van der Waals surface area (Å²) in [6.45, 7) is 14.1. The minimum absolute atomic E-state index is 0.236. The van der Waals surface area contributed by atoms with E-state index < -0.39 is 11.1 Å². The molecule has 1 fully saturated rings. The molecule has 3 aromatic rings. The van der Waals surface area contributed by atoms with Gasteiger partial charge in [-0.3, -0.25) is 28.3 Å². The lowest BCUT2D eigenvalue weighted by atomic mass is 10.0. The Hall–Kier alpha value is -3.06. The van der Waals surface area contributed by atoms with Gasteiger partial charge in [0.1, 0.15) is 0 Å². The quantitative estimate of drug-likeness (QED) is 0.0993. The Morgan fingerprint density at radius 1 is 0.429 bits per heavy atom. The second kappa shape index (κ2) is 25.3. The first-order valence-electron chi connectivity index (χ1n) is 22.2. The van der Waals surface area contributed by atoms with Gasteiger partial charge < -0.3 is 28.7 Å². The number of fused-ring (bicyclic) bond motifs is 2. The van der Waals surface area contributed by atoms with Gasteiger partial charge in [0, 0.05) is 39.3 Å². The fourth-order valence-corrected chi connectivity index (χ4v) is 7.90. The summed E-state index contributed by atoms with van der Waals surface area (Å²) in [7, 11) is 0. The molecule has 316 valence electrons. The SMILES string of the molecule is CCCCCCCCn1c(=O)c2c(N(CCCC)CCCC)c3c(=O)n(CCCCCCCC)c(=O)c3c(N3CCOCCOCCOCCOCC3)c2c1=O. The molecular weight excluding hydrogens is 713 g/mol. The van der Waals surface area contributed by atoms with E-state index in [4.69, 9.17) is 18.9 Å². The number of anilines is 2. The van der Waals surface area contributed by atoms with Gasteiger partial charge in [0.25, 0.3) is 22.2 Å². The van der Waals surface area contributed by atoms with Gasteiger partial charge in [0.05, 0.1) is 85.8 Å². The third-order valence-corrected chi connectivity index (χ3v) is 11.1. The Labute approximate surface area is 334 Å². The molecule has 0 bridgehead atoms. The van der Waals surface area contributed by atoms with Crippen LogP contribution in [0.4, 0.5) is 11.4 Å². The molecule has 0 saturated carbocycles. The van der Waals surface area contributed by atoms with E-state index in [-0.39, 0.29) is 45.9 Å².